The molecule has 2 aliphatic rings. The standard InChI is InChI=1S/C22H25N3O5/c26-19(25-11-10-14-6-4-5-9-16(14)25)12-17-20(27)21(28)18(30-17)13-23-22(29)24-15-7-2-1-3-8-15/h1-9,17-18,20-21,27-28H,10-13H2,(H2,23,24,29)/t17-,18+,20-,21+/m0/s1. The summed E-state index contributed by atoms with van der Waals surface area (Å²) in [5.41, 5.74) is 2.63. The van der Waals surface area contributed by atoms with Gasteiger partial charge in [-0.3, -0.25) is 4.79 Å². The minimum atomic E-state index is -1.20. The van der Waals surface area contributed by atoms with E-state index in [0.29, 0.717) is 12.2 Å². The Hall–Kier alpha value is -2.94. The maximum absolute atomic E-state index is 12.8. The highest BCUT2D eigenvalue weighted by Gasteiger charge is 2.44. The molecule has 8 nitrogen and oxygen atoms in total. The normalized spacial score (nSPS) is 25.1. The van der Waals surface area contributed by atoms with Crippen LogP contribution in [0.1, 0.15) is 12.0 Å². The Morgan fingerprint density at radius 3 is 2.50 bits per heavy atom. The summed E-state index contributed by atoms with van der Waals surface area (Å²) < 4.78 is 5.71. The summed E-state index contributed by atoms with van der Waals surface area (Å²) in [7, 11) is 0. The Labute approximate surface area is 174 Å². The van der Waals surface area contributed by atoms with E-state index in [4.69, 9.17) is 4.74 Å². The lowest BCUT2D eigenvalue weighted by Crippen LogP contribution is -2.41. The molecular weight excluding hydrogens is 386 g/mol. The number of benzene rings is 2. The first-order valence-corrected chi connectivity index (χ1v) is 10.0. The molecule has 30 heavy (non-hydrogen) atoms. The summed E-state index contributed by atoms with van der Waals surface area (Å²) in [5.74, 6) is -0.161. The summed E-state index contributed by atoms with van der Waals surface area (Å²) in [6.45, 7) is 0.600. The highest BCUT2D eigenvalue weighted by molar-refractivity contribution is 5.95. The lowest BCUT2D eigenvalue weighted by Gasteiger charge is -2.21. The molecule has 0 aliphatic carbocycles. The van der Waals surface area contributed by atoms with Gasteiger partial charge in [0.2, 0.25) is 5.91 Å². The number of para-hydroxylation sites is 2. The molecule has 3 amide bonds. The van der Waals surface area contributed by atoms with Gasteiger partial charge in [-0.25, -0.2) is 4.79 Å². The summed E-state index contributed by atoms with van der Waals surface area (Å²) in [4.78, 5) is 26.5. The fourth-order valence-corrected chi connectivity index (χ4v) is 3.93. The maximum atomic E-state index is 12.8. The predicted octanol–water partition coefficient (Wildman–Crippen LogP) is 1.28. The molecule has 2 aromatic carbocycles. The summed E-state index contributed by atoms with van der Waals surface area (Å²) in [5, 5.41) is 25.9. The van der Waals surface area contributed by atoms with Crippen LogP contribution in [0.25, 0.3) is 0 Å². The predicted molar refractivity (Wildman–Crippen MR) is 111 cm³/mol. The molecule has 0 aromatic heterocycles. The Bertz CT molecular complexity index is 907. The molecule has 8 heteroatoms. The number of nitrogens with one attached hydrogen (secondary N) is 2. The molecule has 2 aliphatic heterocycles. The third kappa shape index (κ3) is 4.30. The second kappa shape index (κ2) is 8.83. The Morgan fingerprint density at radius 1 is 1.00 bits per heavy atom. The molecule has 2 aromatic rings. The van der Waals surface area contributed by atoms with Gasteiger partial charge in [0, 0.05) is 24.5 Å². The third-order valence-electron chi connectivity index (χ3n) is 5.52. The highest BCUT2D eigenvalue weighted by atomic mass is 16.5. The molecule has 0 bridgehead atoms. The number of rotatable bonds is 5. The van der Waals surface area contributed by atoms with Crippen molar-refractivity contribution in [3.8, 4) is 0 Å². The number of hydrogen-bond acceptors (Lipinski definition) is 5. The van der Waals surface area contributed by atoms with Gasteiger partial charge >= 0.3 is 6.03 Å². The minimum Gasteiger partial charge on any atom is -0.388 e. The molecule has 2 heterocycles. The molecule has 158 valence electrons. The third-order valence-corrected chi connectivity index (χ3v) is 5.52. The number of nitrogens with zero attached hydrogens (tertiary/aromatic N) is 1. The van der Waals surface area contributed by atoms with Crippen LogP contribution in [0.3, 0.4) is 0 Å². The van der Waals surface area contributed by atoms with Crippen molar-refractivity contribution in [3.63, 3.8) is 0 Å². The van der Waals surface area contributed by atoms with Gasteiger partial charge < -0.3 is 30.5 Å². The number of urea groups is 1. The van der Waals surface area contributed by atoms with Crippen LogP contribution in [-0.2, 0) is 16.0 Å². The number of anilines is 2. The van der Waals surface area contributed by atoms with E-state index >= 15 is 0 Å². The first kappa shape index (κ1) is 20.3. The van der Waals surface area contributed by atoms with E-state index in [1.54, 1.807) is 29.2 Å². The molecule has 1 fully saturated rings. The smallest absolute Gasteiger partial charge is 0.319 e. The molecule has 0 saturated carbocycles. The first-order chi connectivity index (χ1) is 14.5. The lowest BCUT2D eigenvalue weighted by molar-refractivity contribution is -0.122. The van der Waals surface area contributed by atoms with Gasteiger partial charge in [0.1, 0.15) is 18.3 Å². The zero-order valence-electron chi connectivity index (χ0n) is 16.4. The van der Waals surface area contributed by atoms with E-state index < -0.39 is 30.4 Å². The van der Waals surface area contributed by atoms with Gasteiger partial charge in [-0.15, -0.1) is 0 Å². The number of ether oxygens (including phenoxy) is 1. The second-order valence-electron chi connectivity index (χ2n) is 7.52. The van der Waals surface area contributed by atoms with Gasteiger partial charge in [-0.1, -0.05) is 36.4 Å². The Morgan fingerprint density at radius 2 is 1.70 bits per heavy atom. The van der Waals surface area contributed by atoms with Crippen molar-refractivity contribution in [3.05, 3.63) is 60.2 Å². The number of carbonyl (C=O) groups excluding carboxylic acids is 2. The number of fused-ring (bicyclic) bond motifs is 1. The van der Waals surface area contributed by atoms with Gasteiger partial charge in [0.05, 0.1) is 12.5 Å². The van der Waals surface area contributed by atoms with Crippen molar-refractivity contribution in [2.75, 3.05) is 23.3 Å². The fourth-order valence-electron chi connectivity index (χ4n) is 3.93. The van der Waals surface area contributed by atoms with Crippen molar-refractivity contribution < 1.29 is 24.5 Å². The summed E-state index contributed by atoms with van der Waals surface area (Å²) in [6.07, 6.45) is -3.27. The van der Waals surface area contributed by atoms with Gasteiger partial charge in [0.25, 0.3) is 0 Å². The van der Waals surface area contributed by atoms with E-state index in [1.165, 1.54) is 0 Å². The van der Waals surface area contributed by atoms with E-state index in [2.05, 4.69) is 10.6 Å². The van der Waals surface area contributed by atoms with Crippen LogP contribution in [0, 0.1) is 0 Å². The average molecular weight is 411 g/mol. The minimum absolute atomic E-state index is 0.00807. The molecule has 0 unspecified atom stereocenters. The number of aliphatic hydroxyl groups excluding tert-OH is 2. The fraction of sp³-hybridized carbons (Fsp3) is 0.364. The monoisotopic (exact) mass is 411 g/mol. The first-order valence-electron chi connectivity index (χ1n) is 10.0. The Balaban J connectivity index is 1.30. The van der Waals surface area contributed by atoms with Gasteiger partial charge in [0.15, 0.2) is 0 Å². The largest absolute Gasteiger partial charge is 0.388 e. The van der Waals surface area contributed by atoms with E-state index in [9.17, 15) is 19.8 Å². The van der Waals surface area contributed by atoms with Crippen LogP contribution in [0.5, 0.6) is 0 Å². The zero-order chi connectivity index (χ0) is 21.1. The Kier molecular flexibility index (Phi) is 5.98. The van der Waals surface area contributed by atoms with Crippen LogP contribution < -0.4 is 15.5 Å². The van der Waals surface area contributed by atoms with E-state index in [0.717, 1.165) is 17.7 Å². The van der Waals surface area contributed by atoms with Crippen LogP contribution in [-0.4, -0.2) is 59.7 Å². The quantitative estimate of drug-likeness (QED) is 0.592. The second-order valence-corrected chi connectivity index (χ2v) is 7.52. The van der Waals surface area contributed by atoms with Crippen LogP contribution in [0.2, 0.25) is 0 Å². The maximum Gasteiger partial charge on any atom is 0.319 e. The molecule has 4 atom stereocenters. The van der Waals surface area contributed by atoms with E-state index in [1.807, 2.05) is 30.3 Å². The van der Waals surface area contributed by atoms with E-state index in [-0.39, 0.29) is 18.9 Å². The molecule has 4 rings (SSSR count). The lowest BCUT2D eigenvalue weighted by atomic mass is 10.0. The molecule has 4 N–H and O–H groups in total. The molecule has 1 saturated heterocycles. The summed E-state index contributed by atoms with van der Waals surface area (Å²) >= 11 is 0. The number of hydrogen-bond donors (Lipinski definition) is 4. The van der Waals surface area contributed by atoms with Crippen molar-refractivity contribution in [2.45, 2.75) is 37.3 Å². The van der Waals surface area contributed by atoms with Gasteiger partial charge in [-0.2, -0.15) is 0 Å². The van der Waals surface area contributed by atoms with Crippen molar-refractivity contribution in [2.24, 2.45) is 0 Å². The van der Waals surface area contributed by atoms with Crippen molar-refractivity contribution in [1.29, 1.82) is 0 Å². The summed E-state index contributed by atoms with van der Waals surface area (Å²) in [6, 6.07) is 16.2. The number of amides is 3. The highest BCUT2D eigenvalue weighted by Crippen LogP contribution is 2.30. The van der Waals surface area contributed by atoms with Crippen LogP contribution in [0.15, 0.2) is 54.6 Å². The zero-order valence-corrected chi connectivity index (χ0v) is 16.4. The number of carbonyl (C=O) groups is 2. The average Bonchev–Trinajstić information content (AvgIpc) is 3.30. The van der Waals surface area contributed by atoms with Gasteiger partial charge in [-0.05, 0) is 30.2 Å². The topological polar surface area (TPSA) is 111 Å². The SMILES string of the molecule is O=C(NC[C@H]1O[C@@H](CC(=O)N2CCc3ccccc32)[C@H](O)[C@@H]1O)Nc1ccccc1. The van der Waals surface area contributed by atoms with Crippen LogP contribution in [0.4, 0.5) is 16.2 Å². The number of aliphatic hydroxyl groups is 2. The molecule has 0 radical (unpaired) electrons. The molecule has 0 spiro atoms. The molecular formula is C22H25N3O5. The van der Waals surface area contributed by atoms with Crippen molar-refractivity contribution >= 4 is 23.3 Å². The van der Waals surface area contributed by atoms with Crippen molar-refractivity contribution in [1.82, 2.24) is 5.32 Å². The van der Waals surface area contributed by atoms with Crippen LogP contribution >= 0.6 is 0 Å².